The van der Waals surface area contributed by atoms with Gasteiger partial charge in [-0.3, -0.25) is 10.1 Å². The molecule has 0 radical (unpaired) electrons. The first kappa shape index (κ1) is 12.3. The predicted molar refractivity (Wildman–Crippen MR) is 58.4 cm³/mol. The Kier molecular flexibility index (Phi) is 3.41. The standard InChI is InChI=1S/C9H10N2O4S/c1-2-4-7-8(11(12)13)5-3-6-9(7)16(10,14)15/h2-3,5-6H,1,4H2,(H2,10,14,15). The van der Waals surface area contributed by atoms with Gasteiger partial charge < -0.3 is 0 Å². The molecule has 0 aliphatic heterocycles. The van der Waals surface area contributed by atoms with E-state index in [1.807, 2.05) is 0 Å². The van der Waals surface area contributed by atoms with Gasteiger partial charge in [-0.1, -0.05) is 12.1 Å². The second-order valence-corrected chi connectivity index (χ2v) is 4.58. The van der Waals surface area contributed by atoms with Crippen LogP contribution in [-0.4, -0.2) is 13.3 Å². The van der Waals surface area contributed by atoms with E-state index < -0.39 is 14.9 Å². The van der Waals surface area contributed by atoms with Crippen LogP contribution in [0.5, 0.6) is 0 Å². The SMILES string of the molecule is C=CCc1c([N+](=O)[O-])cccc1S(N)(=O)=O. The second kappa shape index (κ2) is 4.42. The molecule has 0 aliphatic carbocycles. The molecule has 0 spiro atoms. The molecular formula is C9H10N2O4S. The average molecular weight is 242 g/mol. The number of benzene rings is 1. The highest BCUT2D eigenvalue weighted by atomic mass is 32.2. The number of nitrogens with two attached hydrogens (primary N) is 1. The molecule has 1 aromatic carbocycles. The van der Waals surface area contributed by atoms with Crippen LogP contribution in [0.15, 0.2) is 35.7 Å². The molecule has 2 N–H and O–H groups in total. The van der Waals surface area contributed by atoms with Crippen LogP contribution in [0.4, 0.5) is 5.69 Å². The van der Waals surface area contributed by atoms with E-state index in [-0.39, 0.29) is 22.6 Å². The van der Waals surface area contributed by atoms with Crippen molar-refractivity contribution in [3.05, 3.63) is 46.5 Å². The van der Waals surface area contributed by atoms with Crippen LogP contribution in [0.2, 0.25) is 0 Å². The minimum absolute atomic E-state index is 0.0602. The molecule has 0 saturated heterocycles. The maximum Gasteiger partial charge on any atom is 0.274 e. The van der Waals surface area contributed by atoms with Gasteiger partial charge in [-0.05, 0) is 12.5 Å². The summed E-state index contributed by atoms with van der Waals surface area (Å²) in [5, 5.41) is 15.7. The average Bonchev–Trinajstić information content (AvgIpc) is 2.16. The molecule has 1 rings (SSSR count). The van der Waals surface area contributed by atoms with Crippen LogP contribution in [0.25, 0.3) is 0 Å². The molecule has 16 heavy (non-hydrogen) atoms. The van der Waals surface area contributed by atoms with E-state index in [2.05, 4.69) is 6.58 Å². The van der Waals surface area contributed by atoms with Gasteiger partial charge >= 0.3 is 0 Å². The van der Waals surface area contributed by atoms with Crippen molar-refractivity contribution in [2.75, 3.05) is 0 Å². The summed E-state index contributed by atoms with van der Waals surface area (Å²) >= 11 is 0. The Hall–Kier alpha value is -1.73. The number of nitro groups is 1. The van der Waals surface area contributed by atoms with Gasteiger partial charge in [0.15, 0.2) is 0 Å². The van der Waals surface area contributed by atoms with Gasteiger partial charge in [0.05, 0.1) is 15.4 Å². The Labute approximate surface area is 92.6 Å². The summed E-state index contributed by atoms with van der Waals surface area (Å²) in [7, 11) is -3.96. The lowest BCUT2D eigenvalue weighted by molar-refractivity contribution is -0.385. The molecule has 0 saturated carbocycles. The molecule has 86 valence electrons. The van der Waals surface area contributed by atoms with E-state index in [4.69, 9.17) is 5.14 Å². The molecule has 0 fully saturated rings. The van der Waals surface area contributed by atoms with Crippen molar-refractivity contribution in [1.82, 2.24) is 0 Å². The molecule has 0 unspecified atom stereocenters. The molecule has 0 aromatic heterocycles. The fourth-order valence-electron chi connectivity index (χ4n) is 1.34. The van der Waals surface area contributed by atoms with Crippen molar-refractivity contribution >= 4 is 15.7 Å². The van der Waals surface area contributed by atoms with Gasteiger partial charge in [0, 0.05) is 6.07 Å². The van der Waals surface area contributed by atoms with E-state index in [1.54, 1.807) is 0 Å². The van der Waals surface area contributed by atoms with E-state index in [9.17, 15) is 18.5 Å². The second-order valence-electron chi connectivity index (χ2n) is 3.05. The van der Waals surface area contributed by atoms with Crippen molar-refractivity contribution in [3.63, 3.8) is 0 Å². The van der Waals surface area contributed by atoms with Crippen LogP contribution in [0.1, 0.15) is 5.56 Å². The van der Waals surface area contributed by atoms with Crippen LogP contribution in [-0.2, 0) is 16.4 Å². The molecule has 0 heterocycles. The molecule has 0 bridgehead atoms. The van der Waals surface area contributed by atoms with Crippen molar-refractivity contribution in [2.45, 2.75) is 11.3 Å². The normalized spacial score (nSPS) is 11.1. The largest absolute Gasteiger partial charge is 0.274 e. The number of hydrogen-bond acceptors (Lipinski definition) is 4. The maximum absolute atomic E-state index is 11.2. The van der Waals surface area contributed by atoms with E-state index in [0.717, 1.165) is 0 Å². The number of sulfonamides is 1. The topological polar surface area (TPSA) is 103 Å². The van der Waals surface area contributed by atoms with Crippen LogP contribution in [0, 0.1) is 10.1 Å². The predicted octanol–water partition coefficient (Wildman–Crippen LogP) is 0.971. The summed E-state index contributed by atoms with van der Waals surface area (Å²) in [5.41, 5.74) is -0.212. The Morgan fingerprint density at radius 3 is 2.56 bits per heavy atom. The monoisotopic (exact) mass is 242 g/mol. The van der Waals surface area contributed by atoms with Crippen LogP contribution < -0.4 is 5.14 Å². The van der Waals surface area contributed by atoms with Crippen molar-refractivity contribution in [1.29, 1.82) is 0 Å². The zero-order valence-corrected chi connectivity index (χ0v) is 9.11. The van der Waals surface area contributed by atoms with Crippen molar-refractivity contribution < 1.29 is 13.3 Å². The molecule has 1 aromatic rings. The lowest BCUT2D eigenvalue weighted by atomic mass is 10.1. The van der Waals surface area contributed by atoms with Crippen molar-refractivity contribution in [3.8, 4) is 0 Å². The van der Waals surface area contributed by atoms with Gasteiger partial charge in [-0.2, -0.15) is 0 Å². The number of allylic oxidation sites excluding steroid dienone is 1. The Bertz CT molecular complexity index is 536. The summed E-state index contributed by atoms with van der Waals surface area (Å²) in [4.78, 5) is 9.83. The first-order valence-electron chi connectivity index (χ1n) is 4.28. The third-order valence-electron chi connectivity index (χ3n) is 1.96. The molecule has 7 heteroatoms. The molecular weight excluding hydrogens is 232 g/mol. The first-order chi connectivity index (χ1) is 7.38. The zero-order valence-electron chi connectivity index (χ0n) is 8.29. The summed E-state index contributed by atoms with van der Waals surface area (Å²) < 4.78 is 22.4. The van der Waals surface area contributed by atoms with Crippen LogP contribution >= 0.6 is 0 Å². The summed E-state index contributed by atoms with van der Waals surface area (Å²) in [5.74, 6) is 0. The van der Waals surface area contributed by atoms with Gasteiger partial charge in [0.1, 0.15) is 0 Å². The van der Waals surface area contributed by atoms with E-state index >= 15 is 0 Å². The van der Waals surface area contributed by atoms with Crippen molar-refractivity contribution in [2.24, 2.45) is 5.14 Å². The minimum atomic E-state index is -3.96. The highest BCUT2D eigenvalue weighted by Crippen LogP contribution is 2.25. The third kappa shape index (κ3) is 2.44. The molecule has 6 nitrogen and oxygen atoms in total. The lowest BCUT2D eigenvalue weighted by Gasteiger charge is -2.05. The van der Waals surface area contributed by atoms with E-state index in [1.165, 1.54) is 24.3 Å². The number of primary sulfonamides is 1. The number of nitro benzene ring substituents is 1. The Balaban J connectivity index is 3.57. The van der Waals surface area contributed by atoms with Gasteiger partial charge in [-0.25, -0.2) is 13.6 Å². The van der Waals surface area contributed by atoms with E-state index in [0.29, 0.717) is 0 Å². The first-order valence-corrected chi connectivity index (χ1v) is 5.82. The smallest absolute Gasteiger partial charge is 0.258 e. The van der Waals surface area contributed by atoms with Gasteiger partial charge in [-0.15, -0.1) is 6.58 Å². The summed E-state index contributed by atoms with van der Waals surface area (Å²) in [6, 6.07) is 3.75. The minimum Gasteiger partial charge on any atom is -0.258 e. The zero-order chi connectivity index (χ0) is 12.3. The maximum atomic E-state index is 11.2. The fourth-order valence-corrected chi connectivity index (χ4v) is 2.14. The number of rotatable bonds is 4. The Morgan fingerprint density at radius 2 is 2.12 bits per heavy atom. The number of hydrogen-bond donors (Lipinski definition) is 1. The van der Waals surface area contributed by atoms with Crippen LogP contribution in [0.3, 0.4) is 0 Å². The molecule has 0 aliphatic rings. The number of nitrogens with zero attached hydrogens (tertiary/aromatic N) is 1. The highest BCUT2D eigenvalue weighted by molar-refractivity contribution is 7.89. The third-order valence-corrected chi connectivity index (χ3v) is 2.96. The van der Waals surface area contributed by atoms with Gasteiger partial charge in [0.25, 0.3) is 5.69 Å². The van der Waals surface area contributed by atoms with Gasteiger partial charge in [0.2, 0.25) is 10.0 Å². The fraction of sp³-hybridized carbons (Fsp3) is 0.111. The Morgan fingerprint density at radius 1 is 1.50 bits per heavy atom. The quantitative estimate of drug-likeness (QED) is 0.482. The molecule has 0 amide bonds. The summed E-state index contributed by atoms with van der Waals surface area (Å²) in [6.07, 6.45) is 1.46. The highest BCUT2D eigenvalue weighted by Gasteiger charge is 2.21. The summed E-state index contributed by atoms with van der Waals surface area (Å²) in [6.45, 7) is 3.42. The lowest BCUT2D eigenvalue weighted by Crippen LogP contribution is -2.15. The molecule has 0 atom stereocenters.